The molecule has 0 amide bonds. The topological polar surface area (TPSA) is 61.0 Å². The fraction of sp³-hybridized carbons (Fsp3) is 0.231. The zero-order chi connectivity index (χ0) is 12.1. The lowest BCUT2D eigenvalue weighted by Gasteiger charge is -2.04. The molecule has 1 aromatic heterocycles. The number of nitrogens with two attached hydrogens (primary N) is 1. The van der Waals surface area contributed by atoms with Crippen molar-refractivity contribution in [3.63, 3.8) is 0 Å². The quantitative estimate of drug-likeness (QED) is 0.866. The normalized spacial score (nSPS) is 10.2. The van der Waals surface area contributed by atoms with Crippen molar-refractivity contribution in [1.29, 1.82) is 0 Å². The molecule has 2 rings (SSSR count). The smallest absolute Gasteiger partial charge is 0.119 e. The Bertz CT molecular complexity index is 482. The molecule has 2 aromatic rings. The Morgan fingerprint density at radius 2 is 2.12 bits per heavy atom. The second kappa shape index (κ2) is 5.41. The minimum Gasteiger partial charge on any atom is -0.497 e. The number of hydrogen-bond acceptors (Lipinski definition) is 4. The fourth-order valence-corrected chi connectivity index (χ4v) is 1.56. The summed E-state index contributed by atoms with van der Waals surface area (Å²) >= 11 is 0. The summed E-state index contributed by atoms with van der Waals surface area (Å²) in [7, 11) is 1.65. The molecule has 0 unspecified atom stereocenters. The van der Waals surface area contributed by atoms with E-state index in [1.54, 1.807) is 19.5 Å². The van der Waals surface area contributed by atoms with Crippen LogP contribution in [0.15, 0.2) is 36.7 Å². The maximum atomic E-state index is 5.46. The van der Waals surface area contributed by atoms with Crippen molar-refractivity contribution in [2.75, 3.05) is 13.7 Å². The van der Waals surface area contributed by atoms with Crippen LogP contribution in [-0.4, -0.2) is 23.6 Å². The first-order valence-corrected chi connectivity index (χ1v) is 5.49. The van der Waals surface area contributed by atoms with Gasteiger partial charge in [-0.2, -0.15) is 0 Å². The van der Waals surface area contributed by atoms with Gasteiger partial charge in [0.15, 0.2) is 0 Å². The van der Waals surface area contributed by atoms with Gasteiger partial charge in [0.1, 0.15) is 5.75 Å². The van der Waals surface area contributed by atoms with Gasteiger partial charge in [0, 0.05) is 18.2 Å². The van der Waals surface area contributed by atoms with Gasteiger partial charge in [0.2, 0.25) is 0 Å². The number of nitrogens with zero attached hydrogens (tertiary/aromatic N) is 2. The predicted octanol–water partition coefficient (Wildman–Crippen LogP) is 1.65. The number of benzene rings is 1. The molecule has 88 valence electrons. The third kappa shape index (κ3) is 2.79. The third-order valence-electron chi connectivity index (χ3n) is 2.47. The van der Waals surface area contributed by atoms with E-state index in [2.05, 4.69) is 9.97 Å². The zero-order valence-corrected chi connectivity index (χ0v) is 9.76. The monoisotopic (exact) mass is 229 g/mol. The molecule has 0 bridgehead atoms. The van der Waals surface area contributed by atoms with E-state index in [1.165, 1.54) is 0 Å². The van der Waals surface area contributed by atoms with E-state index in [-0.39, 0.29) is 0 Å². The van der Waals surface area contributed by atoms with Crippen molar-refractivity contribution in [3.05, 3.63) is 42.4 Å². The van der Waals surface area contributed by atoms with E-state index in [0.717, 1.165) is 29.1 Å². The molecule has 0 aliphatic heterocycles. The summed E-state index contributed by atoms with van der Waals surface area (Å²) in [6, 6.07) is 7.76. The number of methoxy groups -OCH3 is 1. The van der Waals surface area contributed by atoms with Crippen molar-refractivity contribution in [2.24, 2.45) is 5.73 Å². The maximum Gasteiger partial charge on any atom is 0.119 e. The van der Waals surface area contributed by atoms with Gasteiger partial charge < -0.3 is 10.5 Å². The van der Waals surface area contributed by atoms with Gasteiger partial charge >= 0.3 is 0 Å². The first-order chi connectivity index (χ1) is 8.33. The van der Waals surface area contributed by atoms with Crippen LogP contribution in [0.5, 0.6) is 5.75 Å². The van der Waals surface area contributed by atoms with Gasteiger partial charge in [0.25, 0.3) is 0 Å². The van der Waals surface area contributed by atoms with Gasteiger partial charge in [0.05, 0.1) is 24.7 Å². The molecule has 0 aliphatic carbocycles. The SMILES string of the molecule is COc1cccc(-c2cnc(CCN)cn2)c1. The molecule has 0 fully saturated rings. The Labute approximate surface area is 100 Å². The van der Waals surface area contributed by atoms with Crippen LogP contribution in [0.4, 0.5) is 0 Å². The van der Waals surface area contributed by atoms with Crippen molar-refractivity contribution in [2.45, 2.75) is 6.42 Å². The molecule has 1 heterocycles. The Kier molecular flexibility index (Phi) is 3.67. The second-order valence-electron chi connectivity index (χ2n) is 3.66. The van der Waals surface area contributed by atoms with Gasteiger partial charge in [-0.15, -0.1) is 0 Å². The van der Waals surface area contributed by atoms with Crippen molar-refractivity contribution in [3.8, 4) is 17.0 Å². The van der Waals surface area contributed by atoms with Crippen LogP contribution in [0.25, 0.3) is 11.3 Å². The predicted molar refractivity (Wildman–Crippen MR) is 66.8 cm³/mol. The van der Waals surface area contributed by atoms with Crippen LogP contribution in [0.1, 0.15) is 5.69 Å². The number of rotatable bonds is 4. The number of ether oxygens (including phenoxy) is 1. The van der Waals surface area contributed by atoms with E-state index in [4.69, 9.17) is 10.5 Å². The van der Waals surface area contributed by atoms with Crippen molar-refractivity contribution >= 4 is 0 Å². The molecule has 4 nitrogen and oxygen atoms in total. The summed E-state index contributed by atoms with van der Waals surface area (Å²) in [4.78, 5) is 8.69. The highest BCUT2D eigenvalue weighted by Crippen LogP contribution is 2.21. The minimum atomic E-state index is 0.590. The standard InChI is InChI=1S/C13H15N3O/c1-17-12-4-2-3-10(7-12)13-9-15-11(5-6-14)8-16-13/h2-4,7-9H,5-6,14H2,1H3. The first kappa shape index (κ1) is 11.5. The molecule has 0 saturated heterocycles. The molecular weight excluding hydrogens is 214 g/mol. The van der Waals surface area contributed by atoms with Crippen molar-refractivity contribution < 1.29 is 4.74 Å². The molecule has 4 heteroatoms. The van der Waals surface area contributed by atoms with Crippen molar-refractivity contribution in [1.82, 2.24) is 9.97 Å². The summed E-state index contributed by atoms with van der Waals surface area (Å²) in [5, 5.41) is 0. The van der Waals surface area contributed by atoms with Crippen LogP contribution < -0.4 is 10.5 Å². The van der Waals surface area contributed by atoms with Crippen LogP contribution in [0.2, 0.25) is 0 Å². The average Bonchev–Trinajstić information content (AvgIpc) is 2.40. The maximum absolute atomic E-state index is 5.46. The third-order valence-corrected chi connectivity index (χ3v) is 2.47. The lowest BCUT2D eigenvalue weighted by Crippen LogP contribution is -2.04. The molecular formula is C13H15N3O. The summed E-state index contributed by atoms with van der Waals surface area (Å²) in [5.74, 6) is 0.815. The highest BCUT2D eigenvalue weighted by atomic mass is 16.5. The number of aromatic nitrogens is 2. The lowest BCUT2D eigenvalue weighted by atomic mass is 10.1. The van der Waals surface area contributed by atoms with Gasteiger partial charge in [-0.1, -0.05) is 12.1 Å². The van der Waals surface area contributed by atoms with Crippen LogP contribution in [-0.2, 0) is 6.42 Å². The van der Waals surface area contributed by atoms with Crippen LogP contribution in [0, 0.1) is 0 Å². The molecule has 17 heavy (non-hydrogen) atoms. The van der Waals surface area contributed by atoms with Gasteiger partial charge in [-0.05, 0) is 18.7 Å². The highest BCUT2D eigenvalue weighted by Gasteiger charge is 2.02. The second-order valence-corrected chi connectivity index (χ2v) is 3.66. The molecule has 1 aromatic carbocycles. The molecule has 0 saturated carbocycles. The van der Waals surface area contributed by atoms with E-state index >= 15 is 0 Å². The Morgan fingerprint density at radius 3 is 2.76 bits per heavy atom. The Morgan fingerprint density at radius 1 is 1.24 bits per heavy atom. The molecule has 0 aliphatic rings. The van der Waals surface area contributed by atoms with E-state index in [0.29, 0.717) is 6.54 Å². The summed E-state index contributed by atoms with van der Waals surface area (Å²) in [6.07, 6.45) is 4.28. The van der Waals surface area contributed by atoms with E-state index < -0.39 is 0 Å². The first-order valence-electron chi connectivity index (χ1n) is 5.49. The molecule has 2 N–H and O–H groups in total. The van der Waals surface area contributed by atoms with E-state index in [9.17, 15) is 0 Å². The summed E-state index contributed by atoms with van der Waals surface area (Å²) in [6.45, 7) is 0.590. The highest BCUT2D eigenvalue weighted by molar-refractivity contribution is 5.60. The number of hydrogen-bond donors (Lipinski definition) is 1. The summed E-state index contributed by atoms with van der Waals surface area (Å²) in [5.41, 5.74) is 8.21. The minimum absolute atomic E-state index is 0.590. The van der Waals surface area contributed by atoms with Crippen LogP contribution in [0.3, 0.4) is 0 Å². The average molecular weight is 229 g/mol. The fourth-order valence-electron chi connectivity index (χ4n) is 1.56. The van der Waals surface area contributed by atoms with E-state index in [1.807, 2.05) is 24.3 Å². The zero-order valence-electron chi connectivity index (χ0n) is 9.76. The molecule has 0 radical (unpaired) electrons. The largest absolute Gasteiger partial charge is 0.497 e. The lowest BCUT2D eigenvalue weighted by molar-refractivity contribution is 0.415. The van der Waals surface area contributed by atoms with Gasteiger partial charge in [-0.25, -0.2) is 0 Å². The van der Waals surface area contributed by atoms with Crippen LogP contribution >= 0.6 is 0 Å². The molecule has 0 spiro atoms. The Hall–Kier alpha value is -1.94. The Balaban J connectivity index is 2.26. The molecule has 0 atom stereocenters. The summed E-state index contributed by atoms with van der Waals surface area (Å²) < 4.78 is 5.17. The van der Waals surface area contributed by atoms with Gasteiger partial charge in [-0.3, -0.25) is 9.97 Å².